The highest BCUT2D eigenvalue weighted by Gasteiger charge is 2.20. The quantitative estimate of drug-likeness (QED) is 0.832. The van der Waals surface area contributed by atoms with Gasteiger partial charge in [-0.3, -0.25) is 0 Å². The fourth-order valence-electron chi connectivity index (χ4n) is 1.70. The Morgan fingerprint density at radius 1 is 1.29 bits per heavy atom. The number of benzene rings is 1. The van der Waals surface area contributed by atoms with Crippen LogP contribution in [0.4, 0.5) is 8.78 Å². The van der Waals surface area contributed by atoms with Gasteiger partial charge < -0.3 is 16.2 Å². The zero-order chi connectivity index (χ0) is 13.0. The van der Waals surface area contributed by atoms with Crippen molar-refractivity contribution in [1.29, 1.82) is 0 Å². The van der Waals surface area contributed by atoms with Crippen LogP contribution in [-0.4, -0.2) is 13.7 Å². The number of rotatable bonds is 5. The molecule has 0 saturated carbocycles. The van der Waals surface area contributed by atoms with E-state index in [1.165, 1.54) is 7.11 Å². The Morgan fingerprint density at radius 2 is 1.94 bits per heavy atom. The second-order valence-electron chi connectivity index (χ2n) is 4.09. The average molecular weight is 244 g/mol. The summed E-state index contributed by atoms with van der Waals surface area (Å²) in [6.45, 7) is 2.33. The van der Waals surface area contributed by atoms with Crippen LogP contribution in [0.3, 0.4) is 0 Å². The summed E-state index contributed by atoms with van der Waals surface area (Å²) in [6.07, 6.45) is 0.661. The molecule has 0 amide bonds. The molecule has 0 bridgehead atoms. The summed E-state index contributed by atoms with van der Waals surface area (Å²) in [5, 5.41) is 0. The maximum Gasteiger partial charge on any atom is 0.165 e. The van der Waals surface area contributed by atoms with Gasteiger partial charge in [0.2, 0.25) is 0 Å². The van der Waals surface area contributed by atoms with Gasteiger partial charge in [-0.2, -0.15) is 0 Å². The lowest BCUT2D eigenvalue weighted by atomic mass is 9.92. The Morgan fingerprint density at radius 3 is 2.47 bits per heavy atom. The lowest BCUT2D eigenvalue weighted by Crippen LogP contribution is -2.23. The number of methoxy groups -OCH3 is 1. The molecule has 0 radical (unpaired) electrons. The fraction of sp³-hybridized carbons (Fsp3) is 0.500. The van der Waals surface area contributed by atoms with E-state index in [4.69, 9.17) is 16.2 Å². The Labute approximate surface area is 99.7 Å². The summed E-state index contributed by atoms with van der Waals surface area (Å²) in [7, 11) is 1.29. The minimum Gasteiger partial charge on any atom is -0.494 e. The summed E-state index contributed by atoms with van der Waals surface area (Å²) in [5.41, 5.74) is 11.5. The molecule has 0 spiro atoms. The van der Waals surface area contributed by atoms with E-state index in [2.05, 4.69) is 0 Å². The normalized spacial score (nSPS) is 14.5. The van der Waals surface area contributed by atoms with Gasteiger partial charge in [0, 0.05) is 17.7 Å². The molecular weight excluding hydrogens is 226 g/mol. The molecule has 2 unspecified atom stereocenters. The van der Waals surface area contributed by atoms with Crippen molar-refractivity contribution in [2.45, 2.75) is 19.4 Å². The highest BCUT2D eigenvalue weighted by molar-refractivity contribution is 5.32. The molecule has 0 saturated heterocycles. The Kier molecular flexibility index (Phi) is 4.84. The standard InChI is InChI=1S/C12H18F2N2O/c1-7(3-4-15)12(16)8-5-10(14)11(17-2)6-9(8)13/h5-7,12H,3-4,15-16H2,1-2H3. The van der Waals surface area contributed by atoms with Crippen molar-refractivity contribution in [3.8, 4) is 5.75 Å². The van der Waals surface area contributed by atoms with Crippen molar-refractivity contribution in [2.75, 3.05) is 13.7 Å². The van der Waals surface area contributed by atoms with Gasteiger partial charge in [-0.25, -0.2) is 8.78 Å². The van der Waals surface area contributed by atoms with Gasteiger partial charge in [0.15, 0.2) is 11.6 Å². The van der Waals surface area contributed by atoms with Gasteiger partial charge in [-0.05, 0) is 24.9 Å². The minimum absolute atomic E-state index is 0.0118. The van der Waals surface area contributed by atoms with Crippen LogP contribution in [0.25, 0.3) is 0 Å². The second kappa shape index (κ2) is 5.93. The largest absolute Gasteiger partial charge is 0.494 e. The van der Waals surface area contributed by atoms with E-state index in [0.29, 0.717) is 13.0 Å². The van der Waals surface area contributed by atoms with Crippen LogP contribution in [0.15, 0.2) is 12.1 Å². The maximum absolute atomic E-state index is 13.7. The molecule has 2 atom stereocenters. The topological polar surface area (TPSA) is 61.3 Å². The molecule has 96 valence electrons. The average Bonchev–Trinajstić information content (AvgIpc) is 2.31. The summed E-state index contributed by atoms with van der Waals surface area (Å²) >= 11 is 0. The third-order valence-electron chi connectivity index (χ3n) is 2.87. The van der Waals surface area contributed by atoms with Crippen LogP contribution < -0.4 is 16.2 Å². The molecule has 3 nitrogen and oxygen atoms in total. The first-order valence-corrected chi connectivity index (χ1v) is 5.49. The van der Waals surface area contributed by atoms with Crippen molar-refractivity contribution in [3.63, 3.8) is 0 Å². The number of halogens is 2. The maximum atomic E-state index is 13.7. The van der Waals surface area contributed by atoms with Gasteiger partial charge in [0.1, 0.15) is 5.82 Å². The summed E-state index contributed by atoms with van der Waals surface area (Å²) in [6, 6.07) is 1.53. The van der Waals surface area contributed by atoms with Gasteiger partial charge in [0.05, 0.1) is 7.11 Å². The molecule has 0 aliphatic carbocycles. The van der Waals surface area contributed by atoms with E-state index in [1.54, 1.807) is 0 Å². The molecule has 17 heavy (non-hydrogen) atoms. The Balaban J connectivity index is 3.01. The molecule has 4 N–H and O–H groups in total. The fourth-order valence-corrected chi connectivity index (χ4v) is 1.70. The predicted octanol–water partition coefficient (Wildman–Crippen LogP) is 1.96. The molecular formula is C12H18F2N2O. The minimum atomic E-state index is -0.612. The lowest BCUT2D eigenvalue weighted by Gasteiger charge is -2.20. The van der Waals surface area contributed by atoms with Crippen molar-refractivity contribution >= 4 is 0 Å². The van der Waals surface area contributed by atoms with E-state index in [9.17, 15) is 8.78 Å². The number of nitrogens with two attached hydrogens (primary N) is 2. The predicted molar refractivity (Wildman–Crippen MR) is 62.7 cm³/mol. The molecule has 0 aromatic heterocycles. The molecule has 0 aliphatic rings. The van der Waals surface area contributed by atoms with Crippen LogP contribution in [0.5, 0.6) is 5.75 Å². The van der Waals surface area contributed by atoms with Crippen LogP contribution in [0.2, 0.25) is 0 Å². The van der Waals surface area contributed by atoms with Crippen LogP contribution in [-0.2, 0) is 0 Å². The first-order chi connectivity index (χ1) is 8.01. The van der Waals surface area contributed by atoms with Gasteiger partial charge in [-0.15, -0.1) is 0 Å². The number of ether oxygens (including phenoxy) is 1. The first kappa shape index (κ1) is 13.9. The molecule has 0 fully saturated rings. The Hall–Kier alpha value is -1.20. The van der Waals surface area contributed by atoms with Crippen molar-refractivity contribution in [1.82, 2.24) is 0 Å². The highest BCUT2D eigenvalue weighted by Crippen LogP contribution is 2.28. The van der Waals surface area contributed by atoms with E-state index in [1.807, 2.05) is 6.92 Å². The summed E-state index contributed by atoms with van der Waals surface area (Å²) in [4.78, 5) is 0. The van der Waals surface area contributed by atoms with Crippen molar-refractivity contribution < 1.29 is 13.5 Å². The zero-order valence-corrected chi connectivity index (χ0v) is 10.0. The highest BCUT2D eigenvalue weighted by atomic mass is 19.1. The second-order valence-corrected chi connectivity index (χ2v) is 4.09. The summed E-state index contributed by atoms with van der Waals surface area (Å²) in [5.74, 6) is -1.30. The van der Waals surface area contributed by atoms with Gasteiger partial charge in [0.25, 0.3) is 0 Å². The molecule has 0 aliphatic heterocycles. The number of hydrogen-bond acceptors (Lipinski definition) is 3. The molecule has 0 heterocycles. The summed E-state index contributed by atoms with van der Waals surface area (Å²) < 4.78 is 31.9. The molecule has 1 aromatic carbocycles. The van der Waals surface area contributed by atoms with Crippen LogP contribution in [0, 0.1) is 17.6 Å². The Bertz CT molecular complexity index is 385. The smallest absolute Gasteiger partial charge is 0.165 e. The molecule has 1 aromatic rings. The van der Waals surface area contributed by atoms with E-state index >= 15 is 0 Å². The van der Waals surface area contributed by atoms with E-state index < -0.39 is 17.7 Å². The van der Waals surface area contributed by atoms with Crippen LogP contribution in [0.1, 0.15) is 24.9 Å². The SMILES string of the molecule is COc1cc(F)c(C(N)C(C)CCN)cc1F. The van der Waals surface area contributed by atoms with Crippen molar-refractivity contribution in [2.24, 2.45) is 17.4 Å². The lowest BCUT2D eigenvalue weighted by molar-refractivity contribution is 0.376. The zero-order valence-electron chi connectivity index (χ0n) is 10.0. The number of hydrogen-bond donors (Lipinski definition) is 2. The first-order valence-electron chi connectivity index (χ1n) is 5.49. The van der Waals surface area contributed by atoms with Crippen LogP contribution >= 0.6 is 0 Å². The monoisotopic (exact) mass is 244 g/mol. The third-order valence-corrected chi connectivity index (χ3v) is 2.87. The van der Waals surface area contributed by atoms with Crippen molar-refractivity contribution in [3.05, 3.63) is 29.3 Å². The molecule has 1 rings (SSSR count). The third kappa shape index (κ3) is 3.14. The van der Waals surface area contributed by atoms with E-state index in [-0.39, 0.29) is 17.2 Å². The van der Waals surface area contributed by atoms with Gasteiger partial charge >= 0.3 is 0 Å². The molecule has 5 heteroatoms. The van der Waals surface area contributed by atoms with E-state index in [0.717, 1.165) is 12.1 Å². The van der Waals surface area contributed by atoms with Gasteiger partial charge in [-0.1, -0.05) is 6.92 Å².